The quantitative estimate of drug-likeness (QED) is 0.903. The SMILES string of the molecule is Cc1ccsc1CN(C)CC(=O)Nc1ccc(Cl)cc1F. The highest BCUT2D eigenvalue weighted by Gasteiger charge is 2.11. The average molecular weight is 327 g/mol. The standard InChI is InChI=1S/C15H16ClFN2OS/c1-10-5-6-21-14(10)8-19(2)9-15(20)18-13-4-3-11(16)7-12(13)17/h3-7H,8-9H2,1-2H3,(H,18,20). The summed E-state index contributed by atoms with van der Waals surface area (Å²) < 4.78 is 13.6. The Bertz CT molecular complexity index is 644. The van der Waals surface area contributed by atoms with Crippen LogP contribution in [0.25, 0.3) is 0 Å². The summed E-state index contributed by atoms with van der Waals surface area (Å²) in [6.07, 6.45) is 0. The van der Waals surface area contributed by atoms with E-state index in [-0.39, 0.29) is 18.1 Å². The molecule has 3 nitrogen and oxygen atoms in total. The Labute approximate surface area is 132 Å². The molecular formula is C15H16ClFN2OS. The number of benzene rings is 1. The number of halogens is 2. The van der Waals surface area contributed by atoms with Crippen molar-refractivity contribution in [1.29, 1.82) is 0 Å². The third-order valence-corrected chi connectivity index (χ3v) is 4.24. The molecule has 6 heteroatoms. The molecule has 0 aliphatic heterocycles. The number of aryl methyl sites for hydroxylation is 1. The maximum atomic E-state index is 13.6. The molecule has 2 rings (SSSR count). The Kier molecular flexibility index (Phi) is 5.33. The van der Waals surface area contributed by atoms with E-state index in [0.29, 0.717) is 11.6 Å². The zero-order valence-corrected chi connectivity index (χ0v) is 13.4. The molecule has 0 radical (unpaired) electrons. The monoisotopic (exact) mass is 326 g/mol. The summed E-state index contributed by atoms with van der Waals surface area (Å²) in [5, 5.41) is 4.88. The van der Waals surface area contributed by atoms with Crippen LogP contribution < -0.4 is 5.32 Å². The van der Waals surface area contributed by atoms with Crippen LogP contribution in [-0.4, -0.2) is 24.4 Å². The van der Waals surface area contributed by atoms with Crippen LogP contribution >= 0.6 is 22.9 Å². The number of carbonyl (C=O) groups excluding carboxylic acids is 1. The summed E-state index contributed by atoms with van der Waals surface area (Å²) in [6, 6.07) is 6.23. The van der Waals surface area contributed by atoms with Crippen LogP contribution in [0.2, 0.25) is 5.02 Å². The van der Waals surface area contributed by atoms with E-state index in [0.717, 1.165) is 0 Å². The summed E-state index contributed by atoms with van der Waals surface area (Å²) in [7, 11) is 1.86. The molecule has 21 heavy (non-hydrogen) atoms. The van der Waals surface area contributed by atoms with Gasteiger partial charge >= 0.3 is 0 Å². The van der Waals surface area contributed by atoms with Crippen molar-refractivity contribution in [2.75, 3.05) is 18.9 Å². The van der Waals surface area contributed by atoms with Crippen molar-refractivity contribution in [3.05, 3.63) is 50.9 Å². The van der Waals surface area contributed by atoms with Crippen LogP contribution in [-0.2, 0) is 11.3 Å². The molecule has 0 atom stereocenters. The first kappa shape index (κ1) is 15.9. The van der Waals surface area contributed by atoms with Gasteiger partial charge in [-0.05, 0) is 49.2 Å². The maximum Gasteiger partial charge on any atom is 0.238 e. The predicted octanol–water partition coefficient (Wildman–Crippen LogP) is 3.92. The predicted molar refractivity (Wildman–Crippen MR) is 85.4 cm³/mol. The Balaban J connectivity index is 1.90. The van der Waals surface area contributed by atoms with Gasteiger partial charge in [0.2, 0.25) is 5.91 Å². The normalized spacial score (nSPS) is 10.9. The lowest BCUT2D eigenvalue weighted by Crippen LogP contribution is -2.30. The number of anilines is 1. The number of likely N-dealkylation sites (N-methyl/N-ethyl adjacent to an activating group) is 1. The van der Waals surface area contributed by atoms with Crippen molar-refractivity contribution in [2.24, 2.45) is 0 Å². The van der Waals surface area contributed by atoms with Gasteiger partial charge in [-0.15, -0.1) is 11.3 Å². The number of thiophene rings is 1. The zero-order valence-electron chi connectivity index (χ0n) is 11.8. The minimum Gasteiger partial charge on any atom is -0.322 e. The molecule has 2 aromatic rings. The van der Waals surface area contributed by atoms with Crippen LogP contribution in [0.15, 0.2) is 29.6 Å². The lowest BCUT2D eigenvalue weighted by Gasteiger charge is -2.16. The van der Waals surface area contributed by atoms with Crippen molar-refractivity contribution < 1.29 is 9.18 Å². The molecule has 1 amide bonds. The molecule has 112 valence electrons. The molecule has 0 spiro atoms. The molecule has 1 heterocycles. The molecule has 0 bridgehead atoms. The van der Waals surface area contributed by atoms with Crippen LogP contribution in [0.4, 0.5) is 10.1 Å². The number of amides is 1. The molecule has 0 aliphatic carbocycles. The van der Waals surface area contributed by atoms with Gasteiger partial charge < -0.3 is 5.32 Å². The Morgan fingerprint density at radius 1 is 1.43 bits per heavy atom. The van der Waals surface area contributed by atoms with Gasteiger partial charge in [0.05, 0.1) is 12.2 Å². The zero-order chi connectivity index (χ0) is 15.4. The van der Waals surface area contributed by atoms with Gasteiger partial charge in [-0.1, -0.05) is 11.6 Å². The van der Waals surface area contributed by atoms with Gasteiger partial charge in [-0.3, -0.25) is 9.69 Å². The van der Waals surface area contributed by atoms with Gasteiger partial charge in [0.15, 0.2) is 0 Å². The summed E-state index contributed by atoms with van der Waals surface area (Å²) in [5.74, 6) is -0.791. The topological polar surface area (TPSA) is 32.3 Å². The number of rotatable bonds is 5. The van der Waals surface area contributed by atoms with Crippen molar-refractivity contribution in [2.45, 2.75) is 13.5 Å². The minimum absolute atomic E-state index is 0.144. The van der Waals surface area contributed by atoms with Crippen molar-refractivity contribution in [1.82, 2.24) is 4.90 Å². The second kappa shape index (κ2) is 7.02. The van der Waals surface area contributed by atoms with E-state index in [1.807, 2.05) is 24.3 Å². The van der Waals surface area contributed by atoms with E-state index < -0.39 is 5.82 Å². The number of hydrogen-bond donors (Lipinski definition) is 1. The first-order valence-electron chi connectivity index (χ1n) is 6.42. The molecule has 1 N–H and O–H groups in total. The number of hydrogen-bond acceptors (Lipinski definition) is 3. The average Bonchev–Trinajstić information content (AvgIpc) is 2.78. The molecule has 1 aromatic heterocycles. The fraction of sp³-hybridized carbons (Fsp3) is 0.267. The largest absolute Gasteiger partial charge is 0.322 e. The van der Waals surface area contributed by atoms with E-state index in [2.05, 4.69) is 11.4 Å². The van der Waals surface area contributed by atoms with E-state index in [1.54, 1.807) is 17.4 Å². The van der Waals surface area contributed by atoms with Gasteiger partial charge in [0.25, 0.3) is 0 Å². The molecule has 0 unspecified atom stereocenters. The van der Waals surface area contributed by atoms with Gasteiger partial charge in [-0.2, -0.15) is 0 Å². The fourth-order valence-electron chi connectivity index (χ4n) is 1.89. The Morgan fingerprint density at radius 3 is 2.81 bits per heavy atom. The summed E-state index contributed by atoms with van der Waals surface area (Å²) in [5.41, 5.74) is 1.36. The first-order chi connectivity index (χ1) is 9.95. The lowest BCUT2D eigenvalue weighted by molar-refractivity contribution is -0.117. The van der Waals surface area contributed by atoms with Crippen LogP contribution in [0.1, 0.15) is 10.4 Å². The third-order valence-electron chi connectivity index (χ3n) is 3.00. The summed E-state index contributed by atoms with van der Waals surface area (Å²) in [6.45, 7) is 2.93. The van der Waals surface area contributed by atoms with Crippen LogP contribution in [0.3, 0.4) is 0 Å². The first-order valence-corrected chi connectivity index (χ1v) is 7.68. The number of nitrogens with zero attached hydrogens (tertiary/aromatic N) is 1. The molecule has 0 saturated carbocycles. The highest BCUT2D eigenvalue weighted by molar-refractivity contribution is 7.10. The highest BCUT2D eigenvalue weighted by Crippen LogP contribution is 2.19. The minimum atomic E-state index is -0.535. The Hall–Kier alpha value is -1.43. The van der Waals surface area contributed by atoms with E-state index in [9.17, 15) is 9.18 Å². The molecule has 1 aromatic carbocycles. The smallest absolute Gasteiger partial charge is 0.238 e. The van der Waals surface area contributed by atoms with Crippen molar-refractivity contribution >= 4 is 34.5 Å². The van der Waals surface area contributed by atoms with Crippen LogP contribution in [0, 0.1) is 12.7 Å². The van der Waals surface area contributed by atoms with E-state index in [1.165, 1.54) is 22.6 Å². The lowest BCUT2D eigenvalue weighted by atomic mass is 10.3. The van der Waals surface area contributed by atoms with E-state index in [4.69, 9.17) is 11.6 Å². The van der Waals surface area contributed by atoms with Crippen LogP contribution in [0.5, 0.6) is 0 Å². The summed E-state index contributed by atoms with van der Waals surface area (Å²) in [4.78, 5) is 15.0. The molecule has 0 aliphatic rings. The Morgan fingerprint density at radius 2 is 2.19 bits per heavy atom. The fourth-order valence-corrected chi connectivity index (χ4v) is 3.04. The molecule has 0 fully saturated rings. The van der Waals surface area contributed by atoms with Crippen molar-refractivity contribution in [3.63, 3.8) is 0 Å². The second-order valence-electron chi connectivity index (χ2n) is 4.87. The van der Waals surface area contributed by atoms with E-state index >= 15 is 0 Å². The van der Waals surface area contributed by atoms with Gasteiger partial charge in [0.1, 0.15) is 5.82 Å². The highest BCUT2D eigenvalue weighted by atomic mass is 35.5. The van der Waals surface area contributed by atoms with Gasteiger partial charge in [0, 0.05) is 16.4 Å². The molecular weight excluding hydrogens is 311 g/mol. The van der Waals surface area contributed by atoms with Crippen molar-refractivity contribution in [3.8, 4) is 0 Å². The molecule has 0 saturated heterocycles. The summed E-state index contributed by atoms with van der Waals surface area (Å²) >= 11 is 7.34. The maximum absolute atomic E-state index is 13.6. The third kappa shape index (κ3) is 4.52. The van der Waals surface area contributed by atoms with Gasteiger partial charge in [-0.25, -0.2) is 4.39 Å². The second-order valence-corrected chi connectivity index (χ2v) is 6.31. The number of carbonyl (C=O) groups is 1. The number of nitrogens with one attached hydrogen (secondary N) is 1.